The number of nitrogens with zero attached hydrogens (tertiary/aromatic N) is 1. The topological polar surface area (TPSA) is 94.3 Å². The third kappa shape index (κ3) is 2.83. The molecular formula is C11H12FN3O3S2. The van der Waals surface area contributed by atoms with Crippen LogP contribution in [0.1, 0.15) is 5.69 Å². The van der Waals surface area contributed by atoms with Crippen molar-refractivity contribution in [3.05, 3.63) is 29.0 Å². The summed E-state index contributed by atoms with van der Waals surface area (Å²) in [6.07, 6.45) is 0. The zero-order valence-electron chi connectivity index (χ0n) is 10.7. The largest absolute Gasteiger partial charge is 0.492 e. The summed E-state index contributed by atoms with van der Waals surface area (Å²) in [5.74, 6) is -1.03. The summed E-state index contributed by atoms with van der Waals surface area (Å²) in [5.41, 5.74) is 6.15. The molecule has 2 rings (SSSR count). The van der Waals surface area contributed by atoms with Crippen LogP contribution in [0.3, 0.4) is 0 Å². The van der Waals surface area contributed by atoms with Crippen LogP contribution < -0.4 is 15.2 Å². The van der Waals surface area contributed by atoms with E-state index in [9.17, 15) is 12.8 Å². The molecule has 0 saturated heterocycles. The number of halogens is 1. The van der Waals surface area contributed by atoms with Gasteiger partial charge in [0, 0.05) is 5.38 Å². The molecule has 0 radical (unpaired) electrons. The standard InChI is InChI=1S/C11H12FN3O3S2/c1-6-5-19-11(14-6)15-20(16,17)7-3-8(12)10(18-2)9(13)4-7/h3-5H,13H2,1-2H3,(H,14,15). The Balaban J connectivity index is 2.39. The lowest BCUT2D eigenvalue weighted by Gasteiger charge is -2.09. The van der Waals surface area contributed by atoms with Crippen LogP contribution in [0, 0.1) is 12.7 Å². The van der Waals surface area contributed by atoms with Gasteiger partial charge in [-0.05, 0) is 19.1 Å². The molecule has 0 aliphatic carbocycles. The molecule has 3 N–H and O–H groups in total. The van der Waals surface area contributed by atoms with E-state index in [1.807, 2.05) is 0 Å². The zero-order valence-corrected chi connectivity index (χ0v) is 12.3. The summed E-state index contributed by atoms with van der Waals surface area (Å²) < 4.78 is 44.9. The molecule has 9 heteroatoms. The van der Waals surface area contributed by atoms with Crippen LogP contribution in [-0.4, -0.2) is 20.5 Å². The quantitative estimate of drug-likeness (QED) is 0.841. The van der Waals surface area contributed by atoms with Gasteiger partial charge < -0.3 is 10.5 Å². The Kier molecular flexibility index (Phi) is 3.82. The van der Waals surface area contributed by atoms with Crippen molar-refractivity contribution in [3.8, 4) is 5.75 Å². The second-order valence-corrected chi connectivity index (χ2v) is 6.47. The molecule has 0 aliphatic heterocycles. The molecule has 1 heterocycles. The monoisotopic (exact) mass is 317 g/mol. The fraction of sp³-hybridized carbons (Fsp3) is 0.182. The van der Waals surface area contributed by atoms with Gasteiger partial charge in [-0.1, -0.05) is 0 Å². The van der Waals surface area contributed by atoms with E-state index < -0.39 is 15.8 Å². The molecule has 0 saturated carbocycles. The number of nitrogen functional groups attached to an aromatic ring is 1. The second-order valence-electron chi connectivity index (χ2n) is 3.93. The molecule has 0 fully saturated rings. The number of methoxy groups -OCH3 is 1. The lowest BCUT2D eigenvalue weighted by atomic mass is 10.3. The lowest BCUT2D eigenvalue weighted by molar-refractivity contribution is 0.388. The number of anilines is 2. The fourth-order valence-electron chi connectivity index (χ4n) is 1.53. The smallest absolute Gasteiger partial charge is 0.263 e. The lowest BCUT2D eigenvalue weighted by Crippen LogP contribution is -2.14. The van der Waals surface area contributed by atoms with Gasteiger partial charge in [-0.3, -0.25) is 4.72 Å². The number of hydrogen-bond acceptors (Lipinski definition) is 6. The van der Waals surface area contributed by atoms with Gasteiger partial charge >= 0.3 is 0 Å². The third-order valence-corrected chi connectivity index (χ3v) is 4.72. The molecule has 0 amide bonds. The van der Waals surface area contributed by atoms with Crippen LogP contribution in [-0.2, 0) is 10.0 Å². The van der Waals surface area contributed by atoms with Crippen LogP contribution >= 0.6 is 11.3 Å². The number of rotatable bonds is 4. The summed E-state index contributed by atoms with van der Waals surface area (Å²) in [5, 5.41) is 1.90. The van der Waals surface area contributed by atoms with Crippen molar-refractivity contribution in [2.24, 2.45) is 0 Å². The average Bonchev–Trinajstić information content (AvgIpc) is 2.73. The van der Waals surface area contributed by atoms with Crippen molar-refractivity contribution in [2.45, 2.75) is 11.8 Å². The highest BCUT2D eigenvalue weighted by molar-refractivity contribution is 7.93. The summed E-state index contributed by atoms with van der Waals surface area (Å²) >= 11 is 1.14. The molecule has 2 aromatic rings. The Morgan fingerprint density at radius 2 is 2.15 bits per heavy atom. The molecule has 0 bridgehead atoms. The van der Waals surface area contributed by atoms with E-state index in [0.717, 1.165) is 23.5 Å². The maximum atomic E-state index is 13.7. The predicted molar refractivity (Wildman–Crippen MR) is 75.0 cm³/mol. The fourth-order valence-corrected chi connectivity index (χ4v) is 3.52. The summed E-state index contributed by atoms with van der Waals surface area (Å²) in [6, 6.07) is 1.97. The number of hydrogen-bond donors (Lipinski definition) is 2. The van der Waals surface area contributed by atoms with E-state index in [4.69, 9.17) is 10.5 Å². The van der Waals surface area contributed by atoms with Gasteiger partial charge in [-0.25, -0.2) is 17.8 Å². The molecule has 1 aromatic heterocycles. The van der Waals surface area contributed by atoms with Crippen LogP contribution in [0.25, 0.3) is 0 Å². The van der Waals surface area contributed by atoms with Crippen molar-refractivity contribution in [1.29, 1.82) is 0 Å². The maximum Gasteiger partial charge on any atom is 0.263 e. The first-order valence-corrected chi connectivity index (χ1v) is 7.77. The van der Waals surface area contributed by atoms with Gasteiger partial charge in [0.2, 0.25) is 0 Å². The van der Waals surface area contributed by atoms with E-state index in [0.29, 0.717) is 5.69 Å². The van der Waals surface area contributed by atoms with Gasteiger partial charge in [0.25, 0.3) is 10.0 Å². The molecule has 0 unspecified atom stereocenters. The van der Waals surface area contributed by atoms with E-state index >= 15 is 0 Å². The highest BCUT2D eigenvalue weighted by atomic mass is 32.2. The molecule has 1 aromatic carbocycles. The molecule has 0 spiro atoms. The van der Waals surface area contributed by atoms with E-state index in [-0.39, 0.29) is 21.5 Å². The van der Waals surface area contributed by atoms with Gasteiger partial charge in [0.05, 0.1) is 23.4 Å². The molecule has 20 heavy (non-hydrogen) atoms. The van der Waals surface area contributed by atoms with Crippen molar-refractivity contribution in [2.75, 3.05) is 17.6 Å². The number of sulfonamides is 1. The van der Waals surface area contributed by atoms with E-state index in [1.165, 1.54) is 7.11 Å². The Bertz CT molecular complexity index is 720. The highest BCUT2D eigenvalue weighted by Crippen LogP contribution is 2.29. The molecule has 0 atom stereocenters. The highest BCUT2D eigenvalue weighted by Gasteiger charge is 2.20. The Hall–Kier alpha value is -1.87. The van der Waals surface area contributed by atoms with Crippen LogP contribution in [0.2, 0.25) is 0 Å². The van der Waals surface area contributed by atoms with Gasteiger partial charge in [0.1, 0.15) is 0 Å². The number of thiazole rings is 1. The van der Waals surface area contributed by atoms with Crippen molar-refractivity contribution in [3.63, 3.8) is 0 Å². The number of benzene rings is 1. The summed E-state index contributed by atoms with van der Waals surface area (Å²) in [6.45, 7) is 1.74. The Morgan fingerprint density at radius 3 is 2.65 bits per heavy atom. The van der Waals surface area contributed by atoms with E-state index in [2.05, 4.69) is 9.71 Å². The molecule has 108 valence electrons. The number of nitrogens with two attached hydrogens (primary N) is 1. The molecule has 6 nitrogen and oxygen atoms in total. The minimum absolute atomic E-state index is 0.0943. The van der Waals surface area contributed by atoms with Crippen LogP contribution in [0.15, 0.2) is 22.4 Å². The summed E-state index contributed by atoms with van der Waals surface area (Å²) in [4.78, 5) is 3.69. The van der Waals surface area contributed by atoms with Crippen molar-refractivity contribution in [1.82, 2.24) is 4.98 Å². The average molecular weight is 317 g/mol. The molecule has 0 aliphatic rings. The number of ether oxygens (including phenoxy) is 1. The number of aryl methyl sites for hydroxylation is 1. The number of nitrogens with one attached hydrogen (secondary N) is 1. The summed E-state index contributed by atoms with van der Waals surface area (Å²) in [7, 11) is -2.70. The Labute approximate surface area is 119 Å². The van der Waals surface area contributed by atoms with Gasteiger partial charge in [-0.15, -0.1) is 11.3 Å². The predicted octanol–water partition coefficient (Wildman–Crippen LogP) is 1.98. The normalized spacial score (nSPS) is 11.3. The van der Waals surface area contributed by atoms with Crippen molar-refractivity contribution >= 4 is 32.2 Å². The third-order valence-electron chi connectivity index (χ3n) is 2.40. The first kappa shape index (κ1) is 14.5. The van der Waals surface area contributed by atoms with Crippen molar-refractivity contribution < 1.29 is 17.5 Å². The first-order chi connectivity index (χ1) is 9.33. The van der Waals surface area contributed by atoms with Crippen LogP contribution in [0.5, 0.6) is 5.75 Å². The van der Waals surface area contributed by atoms with Crippen LogP contribution in [0.4, 0.5) is 15.2 Å². The minimum atomic E-state index is -3.95. The number of aromatic nitrogens is 1. The van der Waals surface area contributed by atoms with Gasteiger partial charge in [-0.2, -0.15) is 0 Å². The maximum absolute atomic E-state index is 13.7. The second kappa shape index (κ2) is 5.25. The van der Waals surface area contributed by atoms with Gasteiger partial charge in [0.15, 0.2) is 16.7 Å². The van der Waals surface area contributed by atoms with E-state index in [1.54, 1.807) is 12.3 Å². The Morgan fingerprint density at radius 1 is 1.45 bits per heavy atom. The zero-order chi connectivity index (χ0) is 14.9. The SMILES string of the molecule is COc1c(N)cc(S(=O)(=O)Nc2nc(C)cs2)cc1F. The first-order valence-electron chi connectivity index (χ1n) is 5.41. The minimum Gasteiger partial charge on any atom is -0.492 e. The molecular weight excluding hydrogens is 305 g/mol.